The molecule has 0 spiro atoms. The molecule has 0 radical (unpaired) electrons. The lowest BCUT2D eigenvalue weighted by Crippen LogP contribution is -2.50. The van der Waals surface area contributed by atoms with Crippen molar-refractivity contribution in [1.82, 2.24) is 14.8 Å². The van der Waals surface area contributed by atoms with Crippen molar-refractivity contribution >= 4 is 51.3 Å². The fourth-order valence-corrected chi connectivity index (χ4v) is 4.35. The molecular formula is C23H23ClFN5O2S. The predicted octanol–water partition coefficient (Wildman–Crippen LogP) is 4.38. The number of hydrogen-bond donors (Lipinski definition) is 2. The van der Waals surface area contributed by atoms with Gasteiger partial charge in [0, 0.05) is 48.0 Å². The monoisotopic (exact) mass is 487 g/mol. The number of carbonyl (C=O) groups is 2. The number of benzene rings is 2. The van der Waals surface area contributed by atoms with Gasteiger partial charge in [-0.3, -0.25) is 14.5 Å². The molecule has 0 bridgehead atoms. The van der Waals surface area contributed by atoms with Gasteiger partial charge in [0.1, 0.15) is 11.5 Å². The fraction of sp³-hybridized carbons (Fsp3) is 0.261. The van der Waals surface area contributed by atoms with Crippen LogP contribution in [0.1, 0.15) is 16.1 Å². The molecule has 2 heterocycles. The molecule has 33 heavy (non-hydrogen) atoms. The summed E-state index contributed by atoms with van der Waals surface area (Å²) in [5.74, 6) is -0.651. The summed E-state index contributed by atoms with van der Waals surface area (Å²) in [7, 11) is 0. The molecule has 0 saturated carbocycles. The molecule has 4 rings (SSSR count). The van der Waals surface area contributed by atoms with Crippen molar-refractivity contribution < 1.29 is 14.0 Å². The summed E-state index contributed by atoms with van der Waals surface area (Å²) in [6.45, 7) is 4.37. The molecule has 2 N–H and O–H groups in total. The molecule has 7 nitrogen and oxygen atoms in total. The zero-order valence-electron chi connectivity index (χ0n) is 18.0. The second-order valence-corrected chi connectivity index (χ2v) is 9.04. The van der Waals surface area contributed by atoms with Gasteiger partial charge in [0.05, 0.1) is 6.54 Å². The van der Waals surface area contributed by atoms with Gasteiger partial charge < -0.3 is 15.5 Å². The Morgan fingerprint density at radius 2 is 1.85 bits per heavy atom. The number of rotatable bonds is 6. The number of hydrogen-bond acceptors (Lipinski definition) is 6. The van der Waals surface area contributed by atoms with Gasteiger partial charge >= 0.3 is 0 Å². The summed E-state index contributed by atoms with van der Waals surface area (Å²) < 4.78 is 13.0. The van der Waals surface area contributed by atoms with Gasteiger partial charge in [-0.1, -0.05) is 17.7 Å². The third kappa shape index (κ3) is 6.07. The smallest absolute Gasteiger partial charge is 0.273 e. The summed E-state index contributed by atoms with van der Waals surface area (Å²) in [6.07, 6.45) is 0. The van der Waals surface area contributed by atoms with Gasteiger partial charge in [0.15, 0.2) is 5.13 Å². The van der Waals surface area contributed by atoms with Crippen LogP contribution in [0.25, 0.3) is 0 Å². The molecular weight excluding hydrogens is 465 g/mol. The van der Waals surface area contributed by atoms with Crippen molar-refractivity contribution in [3.05, 3.63) is 69.9 Å². The van der Waals surface area contributed by atoms with Crippen LogP contribution < -0.4 is 10.6 Å². The Morgan fingerprint density at radius 3 is 2.58 bits per heavy atom. The Morgan fingerprint density at radius 1 is 1.12 bits per heavy atom. The van der Waals surface area contributed by atoms with E-state index in [-0.39, 0.29) is 24.2 Å². The number of thiazole rings is 1. The van der Waals surface area contributed by atoms with Crippen LogP contribution in [0.2, 0.25) is 5.02 Å². The molecule has 1 aromatic heterocycles. The van der Waals surface area contributed by atoms with E-state index in [1.807, 2.05) is 30.0 Å². The fourth-order valence-electron chi connectivity index (χ4n) is 3.48. The van der Waals surface area contributed by atoms with Crippen LogP contribution in [0.15, 0.2) is 47.8 Å². The maximum absolute atomic E-state index is 13.0. The highest BCUT2D eigenvalue weighted by atomic mass is 35.5. The van der Waals surface area contributed by atoms with E-state index in [0.717, 1.165) is 11.3 Å². The zero-order valence-corrected chi connectivity index (χ0v) is 19.5. The third-order valence-corrected chi connectivity index (χ3v) is 6.31. The Kier molecular flexibility index (Phi) is 7.22. The minimum absolute atomic E-state index is 0.127. The van der Waals surface area contributed by atoms with Crippen LogP contribution in [0.3, 0.4) is 0 Å². The highest BCUT2D eigenvalue weighted by Crippen LogP contribution is 2.26. The van der Waals surface area contributed by atoms with E-state index in [4.69, 9.17) is 11.6 Å². The van der Waals surface area contributed by atoms with Gasteiger partial charge in [0.2, 0.25) is 5.91 Å². The molecule has 0 atom stereocenters. The lowest BCUT2D eigenvalue weighted by Gasteiger charge is -2.33. The molecule has 2 aromatic carbocycles. The molecule has 0 aliphatic carbocycles. The van der Waals surface area contributed by atoms with Crippen molar-refractivity contribution in [2.75, 3.05) is 43.4 Å². The molecule has 1 saturated heterocycles. The van der Waals surface area contributed by atoms with Crippen LogP contribution >= 0.6 is 22.9 Å². The molecule has 3 aromatic rings. The number of anilines is 3. The largest absolute Gasteiger partial charge is 0.335 e. The van der Waals surface area contributed by atoms with Crippen LogP contribution in [-0.2, 0) is 4.79 Å². The number of amides is 2. The number of nitrogens with zero attached hydrogens (tertiary/aromatic N) is 3. The number of aryl methyl sites for hydroxylation is 1. The van der Waals surface area contributed by atoms with E-state index in [1.54, 1.807) is 10.3 Å². The van der Waals surface area contributed by atoms with Crippen LogP contribution in [0.4, 0.5) is 20.9 Å². The van der Waals surface area contributed by atoms with E-state index < -0.39 is 0 Å². The normalized spacial score (nSPS) is 14.2. The standard InChI is InChI=1S/C23H23ClFN5O2S/c1-15-2-3-16(24)12-19(15)27-23-28-20(14-33-23)22(32)30-10-8-29(9-11-30)13-21(31)26-18-6-4-17(25)5-7-18/h2-7,12,14H,8-11,13H2,1H3,(H,26,31)(H,27,28). The Balaban J connectivity index is 1.27. The minimum atomic E-state index is -0.351. The van der Waals surface area contributed by atoms with E-state index in [2.05, 4.69) is 15.6 Å². The van der Waals surface area contributed by atoms with Crippen molar-refractivity contribution in [2.24, 2.45) is 0 Å². The zero-order chi connectivity index (χ0) is 23.4. The second kappa shape index (κ2) is 10.3. The average Bonchev–Trinajstić information content (AvgIpc) is 3.26. The molecule has 1 aliphatic rings. The number of piperazine rings is 1. The van der Waals surface area contributed by atoms with Crippen LogP contribution in [0, 0.1) is 12.7 Å². The lowest BCUT2D eigenvalue weighted by atomic mass is 10.2. The van der Waals surface area contributed by atoms with E-state index in [9.17, 15) is 14.0 Å². The first-order chi connectivity index (χ1) is 15.9. The first-order valence-electron chi connectivity index (χ1n) is 10.4. The average molecular weight is 488 g/mol. The molecule has 10 heteroatoms. The highest BCUT2D eigenvalue weighted by molar-refractivity contribution is 7.14. The van der Waals surface area contributed by atoms with Crippen molar-refractivity contribution in [3.63, 3.8) is 0 Å². The summed E-state index contributed by atoms with van der Waals surface area (Å²) in [5, 5.41) is 8.97. The topological polar surface area (TPSA) is 77.6 Å². The number of nitrogens with one attached hydrogen (secondary N) is 2. The number of halogens is 2. The van der Waals surface area contributed by atoms with Gasteiger partial charge in [-0.25, -0.2) is 9.37 Å². The maximum atomic E-state index is 13.0. The van der Waals surface area contributed by atoms with E-state index in [0.29, 0.717) is 47.7 Å². The van der Waals surface area contributed by atoms with Crippen molar-refractivity contribution in [3.8, 4) is 0 Å². The SMILES string of the molecule is Cc1ccc(Cl)cc1Nc1nc(C(=O)N2CCN(CC(=O)Nc3ccc(F)cc3)CC2)cs1. The summed E-state index contributed by atoms with van der Waals surface area (Å²) in [4.78, 5) is 33.3. The van der Waals surface area contributed by atoms with Crippen LogP contribution in [0.5, 0.6) is 0 Å². The predicted molar refractivity (Wildman–Crippen MR) is 129 cm³/mol. The molecule has 1 fully saturated rings. The summed E-state index contributed by atoms with van der Waals surface area (Å²) in [6, 6.07) is 11.2. The lowest BCUT2D eigenvalue weighted by molar-refractivity contribution is -0.117. The Labute approximate surface area is 200 Å². The Hall–Kier alpha value is -3.01. The molecule has 1 aliphatic heterocycles. The second-order valence-electron chi connectivity index (χ2n) is 7.75. The third-order valence-electron chi connectivity index (χ3n) is 5.32. The van der Waals surface area contributed by atoms with Crippen molar-refractivity contribution in [2.45, 2.75) is 6.92 Å². The van der Waals surface area contributed by atoms with Gasteiger partial charge in [-0.15, -0.1) is 11.3 Å². The molecule has 2 amide bonds. The van der Waals surface area contributed by atoms with Gasteiger partial charge in [0.25, 0.3) is 5.91 Å². The van der Waals surface area contributed by atoms with E-state index >= 15 is 0 Å². The number of aromatic nitrogens is 1. The quantitative estimate of drug-likeness (QED) is 0.539. The number of carbonyl (C=O) groups excluding carboxylic acids is 2. The first-order valence-corrected chi connectivity index (χ1v) is 11.7. The highest BCUT2D eigenvalue weighted by Gasteiger charge is 2.25. The van der Waals surface area contributed by atoms with Crippen LogP contribution in [-0.4, -0.2) is 59.3 Å². The van der Waals surface area contributed by atoms with E-state index in [1.165, 1.54) is 35.6 Å². The summed E-state index contributed by atoms with van der Waals surface area (Å²) >= 11 is 7.43. The van der Waals surface area contributed by atoms with Crippen molar-refractivity contribution in [1.29, 1.82) is 0 Å². The Bertz CT molecular complexity index is 1150. The first kappa shape index (κ1) is 23.2. The van der Waals surface area contributed by atoms with Gasteiger partial charge in [-0.2, -0.15) is 0 Å². The van der Waals surface area contributed by atoms with Gasteiger partial charge in [-0.05, 0) is 48.9 Å². The minimum Gasteiger partial charge on any atom is -0.335 e. The summed E-state index contributed by atoms with van der Waals surface area (Å²) in [5.41, 5.74) is 2.83. The molecule has 172 valence electrons. The molecule has 0 unspecified atom stereocenters. The maximum Gasteiger partial charge on any atom is 0.273 e.